The lowest BCUT2D eigenvalue weighted by atomic mass is 10.0. The third kappa shape index (κ3) is 5.49. The quantitative estimate of drug-likeness (QED) is 0.424. The summed E-state index contributed by atoms with van der Waals surface area (Å²) in [6.07, 6.45) is 0.804. The Morgan fingerprint density at radius 3 is 2.19 bits per heavy atom. The summed E-state index contributed by atoms with van der Waals surface area (Å²) in [6.45, 7) is 1.92. The zero-order valence-electron chi connectivity index (χ0n) is 23.0. The van der Waals surface area contributed by atoms with Crippen LogP contribution >= 0.6 is 0 Å². The summed E-state index contributed by atoms with van der Waals surface area (Å²) in [7, 11) is -3.51. The first-order valence-electron chi connectivity index (χ1n) is 13.9. The molecule has 6 rings (SSSR count). The standard InChI is InChI=1S/C31H30F3N3O4S/c1-42(39,40)23-13-14-27(41-22-5-2-3-6-22)25(19-23)24-7-4-8-26-28(24)29(30(38)35-26)37-17-15-36(16-18-37)21-11-9-20(10-12-21)31(32,33)34/h4,7-14,19,22H,2-3,5-6,15-18H2,1H3. The number of carbonyl (C=O) groups excluding carboxylic acids is 1. The zero-order chi connectivity index (χ0) is 29.6. The van der Waals surface area contributed by atoms with Crippen LogP contribution in [0.5, 0.6) is 5.75 Å². The maximum absolute atomic E-state index is 13.3. The van der Waals surface area contributed by atoms with E-state index in [1.807, 2.05) is 15.9 Å². The molecule has 3 aliphatic rings. The van der Waals surface area contributed by atoms with E-state index < -0.39 is 21.6 Å². The van der Waals surface area contributed by atoms with Crippen LogP contribution in [-0.2, 0) is 20.8 Å². The Kier molecular flexibility index (Phi) is 7.24. The number of carbonyl (C=O) groups is 1. The molecule has 11 heteroatoms. The van der Waals surface area contributed by atoms with E-state index in [2.05, 4.69) is 4.99 Å². The smallest absolute Gasteiger partial charge is 0.416 e. The molecule has 0 radical (unpaired) electrons. The number of amides is 1. The van der Waals surface area contributed by atoms with Crippen molar-refractivity contribution < 1.29 is 31.1 Å². The lowest BCUT2D eigenvalue weighted by Crippen LogP contribution is -2.48. The molecule has 2 aliphatic heterocycles. The van der Waals surface area contributed by atoms with Gasteiger partial charge in [-0.05, 0) is 79.8 Å². The van der Waals surface area contributed by atoms with Crippen LogP contribution in [0.2, 0.25) is 0 Å². The summed E-state index contributed by atoms with van der Waals surface area (Å²) in [6, 6.07) is 15.4. The lowest BCUT2D eigenvalue weighted by Gasteiger charge is -2.37. The summed E-state index contributed by atoms with van der Waals surface area (Å²) in [5.74, 6) is 0.187. The molecule has 7 nitrogen and oxygen atoms in total. The molecule has 2 heterocycles. The summed E-state index contributed by atoms with van der Waals surface area (Å²) < 4.78 is 70.4. The second-order valence-corrected chi connectivity index (χ2v) is 13.0. The van der Waals surface area contributed by atoms with E-state index in [4.69, 9.17) is 4.74 Å². The van der Waals surface area contributed by atoms with Gasteiger partial charge in [0.1, 0.15) is 11.4 Å². The van der Waals surface area contributed by atoms with Crippen LogP contribution in [0.15, 0.2) is 70.6 Å². The monoisotopic (exact) mass is 597 g/mol. The van der Waals surface area contributed by atoms with Crippen LogP contribution in [0.1, 0.15) is 31.2 Å². The summed E-state index contributed by atoms with van der Waals surface area (Å²) in [5.41, 5.74) is 1.68. The number of fused-ring (bicyclic) bond motifs is 1. The van der Waals surface area contributed by atoms with Gasteiger partial charge in [-0.3, -0.25) is 4.79 Å². The maximum atomic E-state index is 13.3. The molecule has 3 aromatic rings. The van der Waals surface area contributed by atoms with Gasteiger partial charge >= 0.3 is 6.18 Å². The van der Waals surface area contributed by atoms with Gasteiger partial charge in [-0.1, -0.05) is 12.1 Å². The Balaban J connectivity index is 1.37. The molecule has 220 valence electrons. The van der Waals surface area contributed by atoms with Crippen LogP contribution in [-0.4, -0.2) is 57.8 Å². The van der Waals surface area contributed by atoms with Gasteiger partial charge in [0.2, 0.25) is 0 Å². The molecule has 0 bridgehead atoms. The largest absolute Gasteiger partial charge is 0.490 e. The topological polar surface area (TPSA) is 79.3 Å². The van der Waals surface area contributed by atoms with Crippen molar-refractivity contribution in [1.29, 1.82) is 0 Å². The second kappa shape index (κ2) is 10.8. The predicted molar refractivity (Wildman–Crippen MR) is 152 cm³/mol. The lowest BCUT2D eigenvalue weighted by molar-refractivity contribution is -0.137. The Labute approximate surface area is 241 Å². The average molecular weight is 598 g/mol. The van der Waals surface area contributed by atoms with Crippen LogP contribution in [0.25, 0.3) is 16.8 Å². The van der Waals surface area contributed by atoms with Crippen LogP contribution in [0.3, 0.4) is 0 Å². The SMILES string of the molecule is CS(=O)(=O)c1ccc(OC2CCCC2)c(-c2cccc3c2=C(N2CCN(c4ccc(C(F)(F)F)cc4)CC2)C(=O)N=3)c1. The van der Waals surface area contributed by atoms with E-state index in [9.17, 15) is 26.4 Å². The number of anilines is 1. The van der Waals surface area contributed by atoms with E-state index in [0.717, 1.165) is 44.1 Å². The van der Waals surface area contributed by atoms with Gasteiger partial charge < -0.3 is 14.5 Å². The molecular formula is C31H30F3N3O4S. The minimum atomic E-state index is -4.39. The minimum absolute atomic E-state index is 0.0395. The molecule has 0 spiro atoms. The molecule has 0 atom stereocenters. The molecule has 2 fully saturated rings. The van der Waals surface area contributed by atoms with Crippen molar-refractivity contribution in [2.75, 3.05) is 37.3 Å². The summed E-state index contributed by atoms with van der Waals surface area (Å²) in [4.78, 5) is 21.7. The van der Waals surface area contributed by atoms with Gasteiger partial charge in [0.05, 0.1) is 21.9 Å². The number of nitrogens with zero attached hydrogens (tertiary/aromatic N) is 3. The number of rotatable bonds is 6. The van der Waals surface area contributed by atoms with Crippen LogP contribution in [0, 0.1) is 0 Å². The Bertz CT molecular complexity index is 1760. The second-order valence-electron chi connectivity index (χ2n) is 10.9. The summed E-state index contributed by atoms with van der Waals surface area (Å²) >= 11 is 0. The maximum Gasteiger partial charge on any atom is 0.416 e. The van der Waals surface area contributed by atoms with Gasteiger partial charge in [0.15, 0.2) is 9.84 Å². The fourth-order valence-electron chi connectivity index (χ4n) is 5.96. The van der Waals surface area contributed by atoms with Gasteiger partial charge in [0.25, 0.3) is 5.91 Å². The predicted octanol–water partition coefficient (Wildman–Crippen LogP) is 4.19. The van der Waals surface area contributed by atoms with Crippen LogP contribution in [0.4, 0.5) is 18.9 Å². The number of hydrogen-bond donors (Lipinski definition) is 0. The van der Waals surface area contributed by atoms with Crippen molar-refractivity contribution in [3.8, 4) is 16.9 Å². The van der Waals surface area contributed by atoms with Crippen LogP contribution < -0.4 is 20.2 Å². The Morgan fingerprint density at radius 2 is 1.55 bits per heavy atom. The van der Waals surface area contributed by atoms with Gasteiger partial charge in [0, 0.05) is 48.9 Å². The van der Waals surface area contributed by atoms with E-state index in [1.165, 1.54) is 12.1 Å². The van der Waals surface area contributed by atoms with Crippen molar-refractivity contribution in [3.63, 3.8) is 0 Å². The first-order chi connectivity index (χ1) is 20.0. The van der Waals surface area contributed by atoms with E-state index in [1.54, 1.807) is 30.3 Å². The zero-order valence-corrected chi connectivity index (χ0v) is 23.8. The van der Waals surface area contributed by atoms with E-state index in [-0.39, 0.29) is 16.9 Å². The molecular weight excluding hydrogens is 567 g/mol. The molecule has 0 N–H and O–H groups in total. The molecule has 42 heavy (non-hydrogen) atoms. The Morgan fingerprint density at radius 1 is 0.881 bits per heavy atom. The number of ether oxygens (including phenoxy) is 1. The first-order valence-corrected chi connectivity index (χ1v) is 15.8. The molecule has 1 saturated carbocycles. The fourth-order valence-corrected chi connectivity index (χ4v) is 6.60. The van der Waals surface area contributed by atoms with Crippen molar-refractivity contribution in [2.24, 2.45) is 4.99 Å². The van der Waals surface area contributed by atoms with Gasteiger partial charge in [-0.15, -0.1) is 0 Å². The number of halogens is 3. The highest BCUT2D eigenvalue weighted by Crippen LogP contribution is 2.35. The number of sulfone groups is 1. The third-order valence-corrected chi connectivity index (χ3v) is 9.23. The van der Waals surface area contributed by atoms with Crippen molar-refractivity contribution in [2.45, 2.75) is 42.9 Å². The average Bonchev–Trinajstić information content (AvgIpc) is 3.59. The summed E-state index contributed by atoms with van der Waals surface area (Å²) in [5, 5.41) is 1.14. The molecule has 1 aliphatic carbocycles. The minimum Gasteiger partial charge on any atom is -0.490 e. The Hall–Kier alpha value is -3.86. The van der Waals surface area contributed by atoms with Crippen molar-refractivity contribution in [1.82, 2.24) is 4.90 Å². The van der Waals surface area contributed by atoms with Gasteiger partial charge in [-0.25, -0.2) is 13.4 Å². The highest BCUT2D eigenvalue weighted by molar-refractivity contribution is 7.90. The molecule has 3 aromatic carbocycles. The number of hydrogen-bond acceptors (Lipinski definition) is 6. The van der Waals surface area contributed by atoms with E-state index >= 15 is 0 Å². The molecule has 0 unspecified atom stereocenters. The number of piperazine rings is 1. The first kappa shape index (κ1) is 28.3. The fraction of sp³-hybridized carbons (Fsp3) is 0.355. The number of benzene rings is 3. The third-order valence-electron chi connectivity index (χ3n) is 8.12. The normalized spacial score (nSPS) is 17.9. The molecule has 1 saturated heterocycles. The molecule has 0 aromatic heterocycles. The number of alkyl halides is 3. The van der Waals surface area contributed by atoms with Crippen molar-refractivity contribution in [3.05, 3.63) is 76.8 Å². The van der Waals surface area contributed by atoms with E-state index in [0.29, 0.717) is 65.0 Å². The highest BCUT2D eigenvalue weighted by Gasteiger charge is 2.32. The molecule has 1 amide bonds. The van der Waals surface area contributed by atoms with Crippen molar-refractivity contribution >= 4 is 27.1 Å². The highest BCUT2D eigenvalue weighted by atomic mass is 32.2. The van der Waals surface area contributed by atoms with Gasteiger partial charge in [-0.2, -0.15) is 13.2 Å².